The minimum atomic E-state index is 0.905. The van der Waals surface area contributed by atoms with Crippen molar-refractivity contribution in [3.63, 3.8) is 0 Å². The summed E-state index contributed by atoms with van der Waals surface area (Å²) in [4.78, 5) is 7.32. The summed E-state index contributed by atoms with van der Waals surface area (Å²) < 4.78 is 27.4. The molecule has 8 heterocycles. The molecule has 0 spiro atoms. The van der Waals surface area contributed by atoms with Crippen LogP contribution in [0.5, 0.6) is 0 Å². The Morgan fingerprint density at radius 2 is 0.608 bits per heavy atom. The summed E-state index contributed by atoms with van der Waals surface area (Å²) in [7, 11) is 0. The first-order valence-corrected chi connectivity index (χ1v) is 43.8. The average Bonchev–Trinajstić information content (AvgIpc) is 1.55. The topological polar surface area (TPSA) is 85.8 Å². The Morgan fingerprint density at radius 3 is 1.18 bits per heavy atom. The van der Waals surface area contributed by atoms with Crippen LogP contribution in [0.25, 0.3) is 225 Å². The monoisotopic (exact) mass is 1730 g/mol. The lowest BCUT2D eigenvalue weighted by Crippen LogP contribution is -1.95. The van der Waals surface area contributed by atoms with Crippen LogP contribution in [-0.2, 0) is 6.42 Å². The van der Waals surface area contributed by atoms with Crippen LogP contribution in [0.2, 0.25) is 0 Å². The molecule has 28 rings (SSSR count). The van der Waals surface area contributed by atoms with Crippen LogP contribution >= 0.6 is 31.9 Å². The quantitative estimate of drug-likeness (QED) is 0.180. The predicted molar refractivity (Wildman–Crippen MR) is 530 cm³/mol. The molecule has 8 aromatic heterocycles. The second kappa shape index (κ2) is 30.3. The summed E-state index contributed by atoms with van der Waals surface area (Å²) >= 11 is 6.88. The van der Waals surface area contributed by atoms with E-state index in [4.69, 9.17) is 13.3 Å². The molecule has 10 heteroatoms. The Labute approximate surface area is 733 Å². The van der Waals surface area contributed by atoms with Crippen molar-refractivity contribution in [2.24, 2.45) is 0 Å². The van der Waals surface area contributed by atoms with Gasteiger partial charge in [-0.2, -0.15) is 0 Å². The highest BCUT2D eigenvalue weighted by molar-refractivity contribution is 9.10. The van der Waals surface area contributed by atoms with Gasteiger partial charge in [-0.1, -0.05) is 311 Å². The molecule has 0 radical (unpaired) electrons. The number of halogens is 2. The van der Waals surface area contributed by atoms with Crippen LogP contribution in [-0.4, -0.2) is 23.7 Å². The van der Waals surface area contributed by atoms with Gasteiger partial charge in [0.2, 0.25) is 0 Å². The third-order valence-electron chi connectivity index (χ3n) is 25.0. The van der Waals surface area contributed by atoms with Crippen molar-refractivity contribution in [1.29, 1.82) is 0 Å². The molecule has 2 N–H and O–H groups in total. The Morgan fingerprint density at radius 1 is 0.224 bits per heavy atom. The number of nitrogens with one attached hydrogen (secondary N) is 2. The molecule has 8 nitrogen and oxygen atoms in total. The molecular formula is C115H73Br2N5O3. The molecule has 0 amide bonds. The second-order valence-corrected chi connectivity index (χ2v) is 33.9. The summed E-state index contributed by atoms with van der Waals surface area (Å²) in [5, 5.41) is 19.6. The maximum absolute atomic E-state index is 6.18. The number of aromatic nitrogens is 5. The van der Waals surface area contributed by atoms with Crippen LogP contribution < -0.4 is 0 Å². The molecule has 0 fully saturated rings. The van der Waals surface area contributed by atoms with E-state index in [9.17, 15) is 0 Å². The van der Waals surface area contributed by atoms with Gasteiger partial charge in [-0.15, -0.1) is 0 Å². The Kier molecular flexibility index (Phi) is 17.8. The van der Waals surface area contributed by atoms with Crippen LogP contribution in [0.1, 0.15) is 11.1 Å². The lowest BCUT2D eigenvalue weighted by molar-refractivity contribution is 0.668. The molecule has 1 aliphatic carbocycles. The van der Waals surface area contributed by atoms with Gasteiger partial charge in [0.05, 0.1) is 44.1 Å². The number of H-pyrrole nitrogens is 2. The molecule has 19 aromatic carbocycles. The number of rotatable bonds is 5. The van der Waals surface area contributed by atoms with E-state index in [-0.39, 0.29) is 0 Å². The molecule has 1 aliphatic rings. The second-order valence-electron chi connectivity index (χ2n) is 32.1. The summed E-state index contributed by atoms with van der Waals surface area (Å²) in [5.74, 6) is 0. The third-order valence-corrected chi connectivity index (χ3v) is 26.0. The number of fused-ring (bicyclic) bond motifs is 30. The third kappa shape index (κ3) is 12.5. The fourth-order valence-electron chi connectivity index (χ4n) is 19.4. The molecule has 27 aromatic rings. The van der Waals surface area contributed by atoms with Crippen LogP contribution in [0, 0.1) is 0 Å². The normalized spacial score (nSPS) is 11.9. The zero-order chi connectivity index (χ0) is 82.7. The molecule has 125 heavy (non-hydrogen) atoms. The van der Waals surface area contributed by atoms with Gasteiger partial charge < -0.3 is 36.9 Å². The van der Waals surface area contributed by atoms with Crippen molar-refractivity contribution >= 4 is 207 Å². The molecule has 0 atom stereocenters. The van der Waals surface area contributed by atoms with E-state index in [1.54, 1.807) is 0 Å². The van der Waals surface area contributed by atoms with Gasteiger partial charge in [-0.05, 0) is 185 Å². The number of para-hydroxylation sites is 8. The molecule has 0 unspecified atom stereocenters. The summed E-state index contributed by atoms with van der Waals surface area (Å²) in [6.07, 6.45) is 1.05. The first-order chi connectivity index (χ1) is 61.8. The minimum Gasteiger partial charge on any atom is -0.456 e. The largest absolute Gasteiger partial charge is 0.456 e. The fraction of sp³-hybridized carbons (Fsp3) is 0.00870. The average molecular weight is 1730 g/mol. The standard InChI is InChI=1S/C42H26N2O.C30H18N2O.C19H13N.C12H7BrO.C12H9Br/c1-2-10-27(11-3-1)28-18-20-29(21-19-28)44-36-15-7-4-12-31(36)33-23-24-38-41(42(33)44)34-14-5-8-16-37(34)43(38)30-22-25-40-35(26-30)32-13-6-9-17-39(32)45-40;1-4-10-24-19(7-1)21-14-15-26-29(30(21)31-24)22-9-2-5-11-25(22)32(26)18-13-16-28-23(17-18)20-8-3-6-12-27(20)33-28;1-2-6-14-12(5-1)11-13-9-10-16-15-7-3-4-8-17(15)20-19(16)18(13)14;13-8-5-6-12-10(7-8)9-3-1-2-4-11(9)14-12;13-12-8-6-11(7-9-12)10-4-2-1-3-5-10/h1-26H;1-17,31H;1-10,20H,11H2;1-7H;1-9H. The highest BCUT2D eigenvalue weighted by atomic mass is 79.9. The van der Waals surface area contributed by atoms with Crippen LogP contribution in [0.4, 0.5) is 0 Å². The van der Waals surface area contributed by atoms with Gasteiger partial charge in [0.15, 0.2) is 0 Å². The van der Waals surface area contributed by atoms with E-state index in [0.29, 0.717) is 0 Å². The van der Waals surface area contributed by atoms with E-state index >= 15 is 0 Å². The van der Waals surface area contributed by atoms with E-state index in [1.165, 1.54) is 159 Å². The Bertz CT molecular complexity index is 8930. The van der Waals surface area contributed by atoms with Crippen molar-refractivity contribution < 1.29 is 13.3 Å². The van der Waals surface area contributed by atoms with Crippen molar-refractivity contribution in [3.05, 3.63) is 439 Å². The molecular weight excluding hydrogens is 1660 g/mol. The van der Waals surface area contributed by atoms with Gasteiger partial charge in [0, 0.05) is 129 Å². The molecule has 0 aliphatic heterocycles. The molecule has 590 valence electrons. The zero-order valence-electron chi connectivity index (χ0n) is 67.4. The molecule has 0 saturated carbocycles. The van der Waals surface area contributed by atoms with Gasteiger partial charge in [-0.25, -0.2) is 0 Å². The lowest BCUT2D eigenvalue weighted by Gasteiger charge is -2.11. The fourth-order valence-corrected chi connectivity index (χ4v) is 20.0. The van der Waals surface area contributed by atoms with Crippen molar-refractivity contribution in [2.45, 2.75) is 6.42 Å². The first kappa shape index (κ1) is 73.5. The van der Waals surface area contributed by atoms with Crippen molar-refractivity contribution in [1.82, 2.24) is 23.7 Å². The van der Waals surface area contributed by atoms with Crippen molar-refractivity contribution in [3.8, 4) is 50.4 Å². The first-order valence-electron chi connectivity index (χ1n) is 42.2. The van der Waals surface area contributed by atoms with Gasteiger partial charge in [-0.3, -0.25) is 0 Å². The summed E-state index contributed by atoms with van der Waals surface area (Å²) in [6, 6.07) is 148. The molecule has 0 bridgehead atoms. The highest BCUT2D eigenvalue weighted by Crippen LogP contribution is 2.47. The smallest absolute Gasteiger partial charge is 0.135 e. The lowest BCUT2D eigenvalue weighted by atomic mass is 10.0. The summed E-state index contributed by atoms with van der Waals surface area (Å²) in [5.41, 5.74) is 31.6. The van der Waals surface area contributed by atoms with E-state index in [0.717, 1.165) is 92.9 Å². The zero-order valence-corrected chi connectivity index (χ0v) is 70.5. The summed E-state index contributed by atoms with van der Waals surface area (Å²) in [6.45, 7) is 0. The Hall–Kier alpha value is -15.5. The maximum atomic E-state index is 6.18. The number of hydrogen-bond acceptors (Lipinski definition) is 3. The Balaban J connectivity index is 0.0000000952. The van der Waals surface area contributed by atoms with E-state index in [1.807, 2.05) is 60.7 Å². The number of hydrogen-bond donors (Lipinski definition) is 2. The van der Waals surface area contributed by atoms with Crippen LogP contribution in [0.15, 0.2) is 441 Å². The molecule has 0 saturated heterocycles. The van der Waals surface area contributed by atoms with Gasteiger partial charge in [0.25, 0.3) is 0 Å². The van der Waals surface area contributed by atoms with Gasteiger partial charge in [0.1, 0.15) is 33.5 Å². The number of aromatic amines is 2. The number of nitrogens with zero attached hydrogens (tertiary/aromatic N) is 3. The number of furan rings is 3. The SMILES string of the molecule is Brc1ccc(-c2ccccc2)cc1.Brc1ccc2oc3ccccc3c2c1.c1ccc(-c2ccc(-n3c4ccccc4c4ccc5c(c6ccccc6n5-c5ccc6oc7ccccc7c6c5)c43)cc2)cc1.c1ccc2c(c1)Cc1ccc3c([nH]c4ccccc43)c1-2.c1ccc2c(c1)[nH]c1c2ccc2c1c1ccccc1n2-c1ccc2oc3ccccc3c2c1. The van der Waals surface area contributed by atoms with Crippen LogP contribution in [0.3, 0.4) is 0 Å². The number of benzene rings is 19. The van der Waals surface area contributed by atoms with E-state index < -0.39 is 0 Å². The van der Waals surface area contributed by atoms with E-state index in [2.05, 4.69) is 413 Å². The predicted octanol–water partition coefficient (Wildman–Crippen LogP) is 33.1. The van der Waals surface area contributed by atoms with Gasteiger partial charge >= 0.3 is 0 Å². The highest BCUT2D eigenvalue weighted by Gasteiger charge is 2.26. The maximum Gasteiger partial charge on any atom is 0.135 e. The minimum absolute atomic E-state index is 0.905. The van der Waals surface area contributed by atoms with Crippen molar-refractivity contribution in [2.75, 3.05) is 0 Å².